The van der Waals surface area contributed by atoms with Crippen molar-refractivity contribution in [2.75, 3.05) is 11.1 Å². The summed E-state index contributed by atoms with van der Waals surface area (Å²) < 4.78 is 42.2. The number of hydrogen-bond acceptors (Lipinski definition) is 3. The Morgan fingerprint density at radius 3 is 2.60 bits per heavy atom. The highest BCUT2D eigenvalue weighted by atomic mass is 32.2. The van der Waals surface area contributed by atoms with Crippen LogP contribution in [0.4, 0.5) is 18.9 Å². The maximum absolute atomic E-state index is 12.3. The number of furan rings is 1. The summed E-state index contributed by atoms with van der Waals surface area (Å²) in [4.78, 5) is 0.572. The van der Waals surface area contributed by atoms with Crippen LogP contribution in [0.1, 0.15) is 18.7 Å². The van der Waals surface area contributed by atoms with Crippen LogP contribution >= 0.6 is 11.8 Å². The molecule has 108 valence electrons. The molecule has 6 heteroatoms. The van der Waals surface area contributed by atoms with E-state index in [-0.39, 0.29) is 6.04 Å². The molecule has 1 unspecified atom stereocenters. The first-order valence-corrected chi connectivity index (χ1v) is 7.03. The van der Waals surface area contributed by atoms with Gasteiger partial charge in [0.25, 0.3) is 0 Å². The molecular weight excluding hydrogens is 287 g/mol. The Morgan fingerprint density at radius 1 is 1.20 bits per heavy atom. The standard InChI is InChI=1S/C14H14F3NOS/c1-10(12-6-4-8-19-12)18-11-5-2-3-7-13(11)20-9-14(15,16)17/h2-8,10,18H,9H2,1H3. The Balaban J connectivity index is 2.08. The van der Waals surface area contributed by atoms with Crippen LogP contribution in [0.2, 0.25) is 0 Å². The Bertz CT molecular complexity index is 540. The third kappa shape index (κ3) is 4.23. The summed E-state index contributed by atoms with van der Waals surface area (Å²) in [5.41, 5.74) is 0.672. The zero-order valence-corrected chi connectivity index (χ0v) is 11.6. The van der Waals surface area contributed by atoms with Gasteiger partial charge in [0.1, 0.15) is 5.76 Å². The quantitative estimate of drug-likeness (QED) is 0.777. The number of anilines is 1. The van der Waals surface area contributed by atoms with E-state index >= 15 is 0 Å². The average molecular weight is 301 g/mol. The largest absolute Gasteiger partial charge is 0.467 e. The van der Waals surface area contributed by atoms with Crippen molar-refractivity contribution in [2.45, 2.75) is 24.0 Å². The molecule has 0 amide bonds. The Morgan fingerprint density at radius 2 is 1.95 bits per heavy atom. The van der Waals surface area contributed by atoms with Gasteiger partial charge in [-0.25, -0.2) is 0 Å². The monoisotopic (exact) mass is 301 g/mol. The number of alkyl halides is 3. The van der Waals surface area contributed by atoms with Gasteiger partial charge in [0.15, 0.2) is 0 Å². The van der Waals surface area contributed by atoms with Crippen molar-refractivity contribution in [3.63, 3.8) is 0 Å². The average Bonchev–Trinajstić information content (AvgIpc) is 2.90. The first-order valence-electron chi connectivity index (χ1n) is 6.04. The van der Waals surface area contributed by atoms with E-state index in [1.54, 1.807) is 36.6 Å². The van der Waals surface area contributed by atoms with Gasteiger partial charge in [-0.3, -0.25) is 0 Å². The number of rotatable bonds is 5. The molecule has 2 rings (SSSR count). The lowest BCUT2D eigenvalue weighted by molar-refractivity contribution is -0.105. The minimum absolute atomic E-state index is 0.113. The highest BCUT2D eigenvalue weighted by Gasteiger charge is 2.27. The predicted molar refractivity (Wildman–Crippen MR) is 74.0 cm³/mol. The van der Waals surface area contributed by atoms with Gasteiger partial charge in [0.05, 0.1) is 18.1 Å². The first-order chi connectivity index (χ1) is 9.46. The van der Waals surface area contributed by atoms with Gasteiger partial charge in [-0.05, 0) is 31.2 Å². The predicted octanol–water partition coefficient (Wildman–Crippen LogP) is 5.11. The van der Waals surface area contributed by atoms with Crippen molar-refractivity contribution >= 4 is 17.4 Å². The second kappa shape index (κ2) is 6.26. The SMILES string of the molecule is CC(Nc1ccccc1SCC(F)(F)F)c1ccco1. The number of benzene rings is 1. The summed E-state index contributed by atoms with van der Waals surface area (Å²) >= 11 is 0.775. The van der Waals surface area contributed by atoms with Crippen molar-refractivity contribution in [1.29, 1.82) is 0 Å². The van der Waals surface area contributed by atoms with Gasteiger partial charge >= 0.3 is 6.18 Å². The van der Waals surface area contributed by atoms with Crippen LogP contribution in [0, 0.1) is 0 Å². The smallest absolute Gasteiger partial charge is 0.398 e. The minimum Gasteiger partial charge on any atom is -0.467 e. The van der Waals surface area contributed by atoms with Crippen molar-refractivity contribution in [3.8, 4) is 0 Å². The van der Waals surface area contributed by atoms with Crippen molar-refractivity contribution in [1.82, 2.24) is 0 Å². The number of nitrogens with one attached hydrogen (secondary N) is 1. The number of hydrogen-bond donors (Lipinski definition) is 1. The number of halogens is 3. The molecule has 1 N–H and O–H groups in total. The van der Waals surface area contributed by atoms with E-state index in [4.69, 9.17) is 4.42 Å². The molecule has 0 saturated heterocycles. The molecule has 1 aromatic carbocycles. The summed E-state index contributed by atoms with van der Waals surface area (Å²) in [6.45, 7) is 1.89. The molecule has 0 aliphatic rings. The number of thioether (sulfide) groups is 1. The fourth-order valence-electron chi connectivity index (χ4n) is 1.71. The molecule has 0 fully saturated rings. The van der Waals surface area contributed by atoms with E-state index in [1.165, 1.54) is 0 Å². The van der Waals surface area contributed by atoms with E-state index in [0.717, 1.165) is 17.5 Å². The molecule has 2 nitrogen and oxygen atoms in total. The van der Waals surface area contributed by atoms with Crippen molar-refractivity contribution in [2.24, 2.45) is 0 Å². The van der Waals surface area contributed by atoms with Crippen molar-refractivity contribution < 1.29 is 17.6 Å². The third-order valence-corrected chi connectivity index (χ3v) is 3.76. The molecule has 1 atom stereocenters. The van der Waals surface area contributed by atoms with E-state index in [9.17, 15) is 13.2 Å². The highest BCUT2D eigenvalue weighted by molar-refractivity contribution is 7.99. The second-order valence-corrected chi connectivity index (χ2v) is 5.30. The van der Waals surface area contributed by atoms with Gasteiger partial charge in [-0.2, -0.15) is 13.2 Å². The first kappa shape index (κ1) is 14.8. The lowest BCUT2D eigenvalue weighted by Gasteiger charge is -2.16. The summed E-state index contributed by atoms with van der Waals surface area (Å²) in [5, 5.41) is 3.17. The molecule has 0 bridgehead atoms. The molecule has 0 aliphatic heterocycles. The Labute approximate surface area is 119 Å². The van der Waals surface area contributed by atoms with E-state index in [0.29, 0.717) is 10.6 Å². The molecule has 0 spiro atoms. The fraction of sp³-hybridized carbons (Fsp3) is 0.286. The van der Waals surface area contributed by atoms with Gasteiger partial charge < -0.3 is 9.73 Å². The summed E-state index contributed by atoms with van der Waals surface area (Å²) in [6.07, 6.45) is -2.61. The molecule has 2 aromatic rings. The molecular formula is C14H14F3NOS. The maximum atomic E-state index is 12.3. The van der Waals surface area contributed by atoms with Gasteiger partial charge in [-0.15, -0.1) is 11.8 Å². The van der Waals surface area contributed by atoms with Crippen molar-refractivity contribution in [3.05, 3.63) is 48.4 Å². The highest BCUT2D eigenvalue weighted by Crippen LogP contribution is 2.33. The number of para-hydroxylation sites is 1. The Kier molecular flexibility index (Phi) is 4.65. The molecule has 1 heterocycles. The van der Waals surface area contributed by atoms with Crippen LogP contribution < -0.4 is 5.32 Å². The van der Waals surface area contributed by atoms with E-state index in [1.807, 2.05) is 13.0 Å². The summed E-state index contributed by atoms with van der Waals surface area (Å²) in [5.74, 6) is -0.165. The van der Waals surface area contributed by atoms with Crippen LogP contribution in [-0.2, 0) is 0 Å². The summed E-state index contributed by atoms with van der Waals surface area (Å²) in [6, 6.07) is 10.4. The lowest BCUT2D eigenvalue weighted by atomic mass is 10.2. The van der Waals surface area contributed by atoms with Gasteiger partial charge in [0.2, 0.25) is 0 Å². The molecule has 0 saturated carbocycles. The van der Waals surface area contributed by atoms with Crippen LogP contribution in [0.25, 0.3) is 0 Å². The molecule has 0 radical (unpaired) electrons. The second-order valence-electron chi connectivity index (χ2n) is 4.28. The third-order valence-electron chi connectivity index (χ3n) is 2.62. The molecule has 20 heavy (non-hydrogen) atoms. The fourth-order valence-corrected chi connectivity index (χ4v) is 2.49. The Hall–Kier alpha value is -1.56. The van der Waals surface area contributed by atoms with Gasteiger partial charge in [0, 0.05) is 10.6 Å². The van der Waals surface area contributed by atoms with Crippen LogP contribution in [0.3, 0.4) is 0 Å². The maximum Gasteiger partial charge on any atom is 0.398 e. The zero-order valence-electron chi connectivity index (χ0n) is 10.8. The van der Waals surface area contributed by atoms with Gasteiger partial charge in [-0.1, -0.05) is 12.1 Å². The normalized spacial score (nSPS) is 13.2. The lowest BCUT2D eigenvalue weighted by Crippen LogP contribution is -2.11. The topological polar surface area (TPSA) is 25.2 Å². The zero-order chi connectivity index (χ0) is 14.6. The summed E-state index contributed by atoms with van der Waals surface area (Å²) in [7, 11) is 0. The van der Waals surface area contributed by atoms with Crippen LogP contribution in [0.5, 0.6) is 0 Å². The minimum atomic E-state index is -4.18. The van der Waals surface area contributed by atoms with E-state index < -0.39 is 11.9 Å². The molecule has 0 aliphatic carbocycles. The molecule has 1 aromatic heterocycles. The van der Waals surface area contributed by atoms with E-state index in [2.05, 4.69) is 5.32 Å². The van der Waals surface area contributed by atoms with Crippen LogP contribution in [0.15, 0.2) is 52.0 Å². The van der Waals surface area contributed by atoms with Crippen LogP contribution in [-0.4, -0.2) is 11.9 Å².